The molecule has 0 unspecified atom stereocenters. The maximum atomic E-state index is 13.8. The molecular formula is C50H35FN2. The minimum absolute atomic E-state index is 0.235. The summed E-state index contributed by atoms with van der Waals surface area (Å²) in [7, 11) is 0. The summed E-state index contributed by atoms with van der Waals surface area (Å²) in [5.41, 5.74) is 14.8. The maximum absolute atomic E-state index is 13.8. The molecule has 3 heteroatoms. The van der Waals surface area contributed by atoms with E-state index in [2.05, 4.69) is 186 Å². The number of nitrogens with zero attached hydrogens (tertiary/aromatic N) is 2. The molecule has 0 bridgehead atoms. The summed E-state index contributed by atoms with van der Waals surface area (Å²) >= 11 is 0. The van der Waals surface area contributed by atoms with Crippen molar-refractivity contribution < 1.29 is 4.39 Å². The molecule has 0 N–H and O–H groups in total. The number of anilines is 3. The Balaban J connectivity index is 1.17. The molecule has 1 aliphatic rings. The predicted octanol–water partition coefficient (Wildman–Crippen LogP) is 13.4. The van der Waals surface area contributed by atoms with Crippen molar-refractivity contribution in [2.45, 2.75) is 12.3 Å². The first-order valence-corrected chi connectivity index (χ1v) is 18.1. The summed E-state index contributed by atoms with van der Waals surface area (Å²) in [6.07, 6.45) is 0. The number of halogens is 1. The molecule has 0 fully saturated rings. The zero-order chi connectivity index (χ0) is 35.5. The minimum Gasteiger partial charge on any atom is -0.310 e. The van der Waals surface area contributed by atoms with Gasteiger partial charge in [-0.1, -0.05) is 121 Å². The summed E-state index contributed by atoms with van der Waals surface area (Å²) in [6, 6.07) is 68.1. The normalized spacial score (nSPS) is 12.9. The Morgan fingerprint density at radius 3 is 1.74 bits per heavy atom. The Kier molecular flexibility index (Phi) is 7.16. The highest BCUT2D eigenvalue weighted by Gasteiger charge is 2.40. The van der Waals surface area contributed by atoms with Gasteiger partial charge in [-0.15, -0.1) is 0 Å². The first-order valence-electron chi connectivity index (χ1n) is 18.1. The Morgan fingerprint density at radius 2 is 1.02 bits per heavy atom. The second-order valence-corrected chi connectivity index (χ2v) is 14.0. The van der Waals surface area contributed by atoms with Gasteiger partial charge in [0, 0.05) is 38.9 Å². The first kappa shape index (κ1) is 31.1. The van der Waals surface area contributed by atoms with Gasteiger partial charge in [0.05, 0.1) is 11.0 Å². The van der Waals surface area contributed by atoms with Gasteiger partial charge in [0.2, 0.25) is 0 Å². The van der Waals surface area contributed by atoms with Gasteiger partial charge in [-0.25, -0.2) is 4.39 Å². The highest BCUT2D eigenvalue weighted by atomic mass is 19.1. The van der Waals surface area contributed by atoms with E-state index in [1.807, 2.05) is 12.1 Å². The Bertz CT molecular complexity index is 2750. The third kappa shape index (κ3) is 4.92. The average molecular weight is 683 g/mol. The van der Waals surface area contributed by atoms with Crippen molar-refractivity contribution in [1.82, 2.24) is 4.57 Å². The third-order valence-corrected chi connectivity index (χ3v) is 11.1. The van der Waals surface area contributed by atoms with Gasteiger partial charge in [0.1, 0.15) is 5.82 Å². The van der Waals surface area contributed by atoms with Crippen LogP contribution in [0.15, 0.2) is 194 Å². The molecule has 2 nitrogen and oxygen atoms in total. The van der Waals surface area contributed by atoms with Crippen molar-refractivity contribution in [3.05, 3.63) is 217 Å². The summed E-state index contributed by atoms with van der Waals surface area (Å²) in [5.74, 6) is -0.235. The van der Waals surface area contributed by atoms with E-state index in [0.717, 1.165) is 39.4 Å². The molecule has 0 aliphatic heterocycles. The lowest BCUT2D eigenvalue weighted by Gasteiger charge is -2.31. The molecule has 1 aliphatic carbocycles. The number of fused-ring (bicyclic) bond motifs is 6. The predicted molar refractivity (Wildman–Crippen MR) is 218 cm³/mol. The van der Waals surface area contributed by atoms with E-state index in [-0.39, 0.29) is 11.2 Å². The van der Waals surface area contributed by atoms with Gasteiger partial charge >= 0.3 is 0 Å². The van der Waals surface area contributed by atoms with Crippen LogP contribution in [0.4, 0.5) is 21.5 Å². The Labute approximate surface area is 308 Å². The highest BCUT2D eigenvalue weighted by Crippen LogP contribution is 2.53. The smallest absolute Gasteiger partial charge is 0.123 e. The molecule has 10 rings (SSSR count). The van der Waals surface area contributed by atoms with Crippen molar-refractivity contribution in [3.8, 4) is 27.9 Å². The van der Waals surface area contributed by atoms with Crippen LogP contribution in [0.3, 0.4) is 0 Å². The molecule has 1 heterocycles. The largest absolute Gasteiger partial charge is 0.310 e. The third-order valence-electron chi connectivity index (χ3n) is 11.1. The zero-order valence-corrected chi connectivity index (χ0v) is 29.2. The monoisotopic (exact) mass is 682 g/mol. The van der Waals surface area contributed by atoms with Crippen LogP contribution in [0, 0.1) is 5.82 Å². The van der Waals surface area contributed by atoms with Crippen molar-refractivity contribution in [2.24, 2.45) is 0 Å². The van der Waals surface area contributed by atoms with Crippen LogP contribution < -0.4 is 4.90 Å². The summed E-state index contributed by atoms with van der Waals surface area (Å²) in [4.78, 5) is 2.36. The van der Waals surface area contributed by atoms with Crippen LogP contribution in [0.25, 0.3) is 49.7 Å². The van der Waals surface area contributed by atoms with Crippen molar-refractivity contribution in [3.63, 3.8) is 0 Å². The quantitative estimate of drug-likeness (QED) is 0.169. The summed E-state index contributed by atoms with van der Waals surface area (Å²) in [6.45, 7) is 2.36. The SMILES string of the molecule is CC1(c2cccc(N(c3ccc(-c4ccc(F)cc4)cc3)c3ccc4c(c3)c3ccccc3n4-c3ccccc3)c2)c2ccccc2-c2ccccc21. The van der Waals surface area contributed by atoms with E-state index in [9.17, 15) is 4.39 Å². The lowest BCUT2D eigenvalue weighted by Crippen LogP contribution is -2.23. The van der Waals surface area contributed by atoms with Gasteiger partial charge in [-0.2, -0.15) is 0 Å². The fourth-order valence-electron chi connectivity index (χ4n) is 8.57. The molecule has 8 aromatic carbocycles. The minimum atomic E-state index is -0.325. The fraction of sp³-hybridized carbons (Fsp3) is 0.0400. The van der Waals surface area contributed by atoms with E-state index >= 15 is 0 Å². The number of aromatic nitrogens is 1. The van der Waals surface area contributed by atoms with Crippen LogP contribution in [0.2, 0.25) is 0 Å². The fourth-order valence-corrected chi connectivity index (χ4v) is 8.57. The second kappa shape index (κ2) is 12.2. The molecule has 53 heavy (non-hydrogen) atoms. The first-order chi connectivity index (χ1) is 26.1. The lowest BCUT2D eigenvalue weighted by atomic mass is 9.74. The van der Waals surface area contributed by atoms with Crippen LogP contribution in [-0.4, -0.2) is 4.57 Å². The molecule has 0 radical (unpaired) electrons. The summed E-state index contributed by atoms with van der Waals surface area (Å²) < 4.78 is 16.1. The average Bonchev–Trinajstić information content (AvgIpc) is 3.69. The summed E-state index contributed by atoms with van der Waals surface area (Å²) in [5, 5.41) is 2.40. The van der Waals surface area contributed by atoms with E-state index in [1.54, 1.807) is 0 Å². The highest BCUT2D eigenvalue weighted by molar-refractivity contribution is 6.10. The van der Waals surface area contributed by atoms with Gasteiger partial charge in [-0.3, -0.25) is 0 Å². The van der Waals surface area contributed by atoms with Gasteiger partial charge < -0.3 is 9.47 Å². The second-order valence-electron chi connectivity index (χ2n) is 14.0. The van der Waals surface area contributed by atoms with Gasteiger partial charge in [-0.05, 0) is 119 Å². The van der Waals surface area contributed by atoms with Crippen LogP contribution in [0.5, 0.6) is 0 Å². The van der Waals surface area contributed by atoms with Crippen molar-refractivity contribution in [1.29, 1.82) is 0 Å². The Morgan fingerprint density at radius 1 is 0.453 bits per heavy atom. The van der Waals surface area contributed by atoms with E-state index < -0.39 is 0 Å². The van der Waals surface area contributed by atoms with E-state index in [4.69, 9.17) is 0 Å². The van der Waals surface area contributed by atoms with Crippen LogP contribution in [0.1, 0.15) is 23.6 Å². The molecule has 9 aromatic rings. The molecule has 0 atom stereocenters. The number of benzene rings is 8. The van der Waals surface area contributed by atoms with E-state index in [0.29, 0.717) is 0 Å². The maximum Gasteiger partial charge on any atom is 0.123 e. The Hall–Kier alpha value is -6.71. The molecule has 0 amide bonds. The topological polar surface area (TPSA) is 8.17 Å². The zero-order valence-electron chi connectivity index (χ0n) is 29.2. The van der Waals surface area contributed by atoms with Gasteiger partial charge in [0.15, 0.2) is 0 Å². The van der Waals surface area contributed by atoms with Crippen molar-refractivity contribution in [2.75, 3.05) is 4.90 Å². The standard InChI is InChI=1S/C50H35FN2/c1-50(46-19-8-5-16-42(46)43-17-6-9-20-47(43)50)36-12-11-15-40(32-36)52(39-28-24-35(25-29-39)34-22-26-37(51)27-23-34)41-30-31-49-45(33-41)44-18-7-10-21-48(44)53(49)38-13-3-2-4-14-38/h2-33H,1H3. The van der Waals surface area contributed by atoms with Gasteiger partial charge in [0.25, 0.3) is 0 Å². The molecule has 0 saturated heterocycles. The van der Waals surface area contributed by atoms with Crippen LogP contribution >= 0.6 is 0 Å². The number of hydrogen-bond acceptors (Lipinski definition) is 1. The molecule has 0 saturated carbocycles. The molecule has 1 aromatic heterocycles. The molecule has 252 valence electrons. The number of hydrogen-bond donors (Lipinski definition) is 0. The lowest BCUT2D eigenvalue weighted by molar-refractivity contribution is 0.628. The molecule has 0 spiro atoms. The molecular weight excluding hydrogens is 648 g/mol. The van der Waals surface area contributed by atoms with Crippen LogP contribution in [-0.2, 0) is 5.41 Å². The number of para-hydroxylation sites is 2. The number of rotatable bonds is 6. The van der Waals surface area contributed by atoms with Crippen molar-refractivity contribution >= 4 is 38.9 Å². The van der Waals surface area contributed by atoms with E-state index in [1.165, 1.54) is 56.2 Å².